The largest absolute Gasteiger partial charge is 0.494 e. The van der Waals surface area contributed by atoms with Crippen molar-refractivity contribution in [3.63, 3.8) is 0 Å². The molecular weight excluding hydrogens is 438 g/mol. The number of aliphatic carboxylic acids is 1. The second kappa shape index (κ2) is 10.2. The third-order valence-electron chi connectivity index (χ3n) is 6.55. The van der Waals surface area contributed by atoms with Crippen LogP contribution in [0.2, 0.25) is 0 Å². The van der Waals surface area contributed by atoms with E-state index in [4.69, 9.17) is 9.47 Å². The molecule has 1 fully saturated rings. The number of allylic oxidation sites excluding steroid dienone is 1. The molecule has 1 atom stereocenters. The Labute approximate surface area is 206 Å². The molecule has 1 unspecified atom stereocenters. The summed E-state index contributed by atoms with van der Waals surface area (Å²) >= 11 is 0. The van der Waals surface area contributed by atoms with Gasteiger partial charge in [0.25, 0.3) is 0 Å². The van der Waals surface area contributed by atoms with Gasteiger partial charge in [-0.1, -0.05) is 78.9 Å². The molecule has 0 saturated heterocycles. The molecule has 3 aromatic rings. The minimum Gasteiger partial charge on any atom is -0.494 e. The molecule has 0 heterocycles. The number of methoxy groups -OCH3 is 1. The molecule has 0 amide bonds. The number of rotatable bonds is 8. The van der Waals surface area contributed by atoms with E-state index < -0.39 is 11.4 Å². The van der Waals surface area contributed by atoms with E-state index in [2.05, 4.69) is 4.99 Å². The van der Waals surface area contributed by atoms with Crippen molar-refractivity contribution in [2.45, 2.75) is 45.1 Å². The van der Waals surface area contributed by atoms with Gasteiger partial charge in [-0.2, -0.15) is 0 Å². The van der Waals surface area contributed by atoms with Gasteiger partial charge in [0.2, 0.25) is 0 Å². The molecule has 35 heavy (non-hydrogen) atoms. The van der Waals surface area contributed by atoms with Crippen LogP contribution < -0.4 is 0 Å². The van der Waals surface area contributed by atoms with E-state index in [9.17, 15) is 9.90 Å². The van der Waals surface area contributed by atoms with E-state index >= 15 is 0 Å². The first-order valence-electron chi connectivity index (χ1n) is 11.8. The monoisotopic (exact) mass is 469 g/mol. The summed E-state index contributed by atoms with van der Waals surface area (Å²) in [5.74, 6) is 0.515. The second-order valence-electron chi connectivity index (χ2n) is 8.96. The topological polar surface area (TPSA) is 68.1 Å². The number of hydrogen-bond donors (Lipinski definition) is 1. The van der Waals surface area contributed by atoms with Crippen LogP contribution in [-0.4, -0.2) is 24.1 Å². The lowest BCUT2D eigenvalue weighted by Gasteiger charge is -2.15. The van der Waals surface area contributed by atoms with Crippen LogP contribution in [0.25, 0.3) is 16.9 Å². The number of nitrogens with zero attached hydrogens (tertiary/aromatic N) is 1. The Morgan fingerprint density at radius 2 is 1.49 bits per heavy atom. The molecule has 4 rings (SSSR count). The molecule has 0 radical (unpaired) electrons. The van der Waals surface area contributed by atoms with Gasteiger partial charge in [-0.15, -0.1) is 0 Å². The van der Waals surface area contributed by atoms with Crippen molar-refractivity contribution in [3.05, 3.63) is 101 Å². The Kier molecular flexibility index (Phi) is 7.06. The third-order valence-corrected chi connectivity index (χ3v) is 6.55. The van der Waals surface area contributed by atoms with Crippen LogP contribution >= 0.6 is 0 Å². The Hall–Kier alpha value is -3.86. The van der Waals surface area contributed by atoms with E-state index in [-0.39, 0.29) is 6.10 Å². The average Bonchev–Trinajstić information content (AvgIpc) is 3.68. The molecule has 5 nitrogen and oxygen atoms in total. The van der Waals surface area contributed by atoms with Gasteiger partial charge in [-0.05, 0) is 48.9 Å². The quantitative estimate of drug-likeness (QED) is 0.219. The molecule has 5 heteroatoms. The summed E-state index contributed by atoms with van der Waals surface area (Å²) in [5.41, 5.74) is 5.02. The Bertz CT molecular complexity index is 1240. The number of carbonyl (C=O) groups is 1. The van der Waals surface area contributed by atoms with Gasteiger partial charge < -0.3 is 14.6 Å². The maximum Gasteiger partial charge on any atom is 0.314 e. The smallest absolute Gasteiger partial charge is 0.314 e. The van der Waals surface area contributed by atoms with Crippen molar-refractivity contribution in [2.24, 2.45) is 4.99 Å². The molecular formula is C30H31NO4. The molecule has 1 aliphatic rings. The van der Waals surface area contributed by atoms with Crippen LogP contribution in [0.5, 0.6) is 0 Å². The molecule has 3 aromatic carbocycles. The molecule has 1 aliphatic carbocycles. The fourth-order valence-electron chi connectivity index (χ4n) is 4.38. The molecule has 180 valence electrons. The van der Waals surface area contributed by atoms with Crippen LogP contribution in [-0.2, 0) is 19.7 Å². The first-order chi connectivity index (χ1) is 16.8. The van der Waals surface area contributed by atoms with Gasteiger partial charge in [0.15, 0.2) is 5.90 Å². The summed E-state index contributed by atoms with van der Waals surface area (Å²) in [6.07, 6.45) is 1.31. The minimum absolute atomic E-state index is 0.102. The van der Waals surface area contributed by atoms with E-state index in [1.165, 1.54) is 0 Å². The summed E-state index contributed by atoms with van der Waals surface area (Å²) in [6, 6.07) is 26.0. The third kappa shape index (κ3) is 5.29. The number of ether oxygens (including phenoxy) is 2. The number of carboxylic acids is 1. The Morgan fingerprint density at radius 1 is 0.914 bits per heavy atom. The van der Waals surface area contributed by atoms with Crippen LogP contribution in [0, 0.1) is 0 Å². The van der Waals surface area contributed by atoms with E-state index in [0.29, 0.717) is 24.5 Å². The van der Waals surface area contributed by atoms with Crippen LogP contribution in [0.3, 0.4) is 0 Å². The van der Waals surface area contributed by atoms with Gasteiger partial charge in [-0.25, -0.2) is 4.99 Å². The van der Waals surface area contributed by atoms with Gasteiger partial charge in [0, 0.05) is 12.5 Å². The summed E-state index contributed by atoms with van der Waals surface area (Å²) in [4.78, 5) is 16.2. The van der Waals surface area contributed by atoms with Crippen molar-refractivity contribution in [2.75, 3.05) is 7.11 Å². The predicted molar refractivity (Wildman–Crippen MR) is 139 cm³/mol. The van der Waals surface area contributed by atoms with Gasteiger partial charge in [0.05, 0.1) is 18.2 Å². The summed E-state index contributed by atoms with van der Waals surface area (Å²) in [5, 5.41) is 9.51. The maximum absolute atomic E-state index is 11.6. The molecule has 0 aliphatic heterocycles. The maximum atomic E-state index is 11.6. The highest BCUT2D eigenvalue weighted by Gasteiger charge is 2.51. The zero-order valence-corrected chi connectivity index (χ0v) is 20.6. The molecule has 0 bridgehead atoms. The fourth-order valence-corrected chi connectivity index (χ4v) is 4.38. The zero-order valence-electron chi connectivity index (χ0n) is 20.6. The van der Waals surface area contributed by atoms with E-state index in [1.807, 2.05) is 99.6 Å². The van der Waals surface area contributed by atoms with Gasteiger partial charge >= 0.3 is 5.97 Å². The van der Waals surface area contributed by atoms with E-state index in [0.717, 1.165) is 33.5 Å². The van der Waals surface area contributed by atoms with Crippen LogP contribution in [0.1, 0.15) is 56.4 Å². The van der Waals surface area contributed by atoms with Crippen molar-refractivity contribution in [1.82, 2.24) is 0 Å². The van der Waals surface area contributed by atoms with Gasteiger partial charge in [-0.3, -0.25) is 4.79 Å². The standard InChI is InChI=1S/C30H31NO4/c1-20(31-22(3)35-21(2)23-8-6-5-7-9-23)28(34-4)26-12-10-24(11-13-26)25-14-16-27(17-15-25)30(18-19-30)29(32)33/h5-17,21H,18-19H2,1-4H3,(H,32,33)/b28-20+,31-22?. The van der Waals surface area contributed by atoms with E-state index in [1.54, 1.807) is 7.11 Å². The number of aliphatic imine (C=N–C) groups is 1. The van der Waals surface area contributed by atoms with Crippen LogP contribution in [0.15, 0.2) is 89.6 Å². The molecule has 1 N–H and O–H groups in total. The first kappa shape index (κ1) is 24.3. The van der Waals surface area contributed by atoms with Crippen molar-refractivity contribution < 1.29 is 19.4 Å². The average molecular weight is 470 g/mol. The molecule has 0 aromatic heterocycles. The van der Waals surface area contributed by atoms with Gasteiger partial charge in [0.1, 0.15) is 11.9 Å². The summed E-state index contributed by atoms with van der Waals surface area (Å²) < 4.78 is 11.7. The van der Waals surface area contributed by atoms with Crippen LogP contribution in [0.4, 0.5) is 0 Å². The predicted octanol–water partition coefficient (Wildman–Crippen LogP) is 7.00. The number of benzene rings is 3. The Balaban J connectivity index is 1.49. The lowest BCUT2D eigenvalue weighted by molar-refractivity contribution is -0.140. The number of carboxylic acid groups (broad SMARTS) is 1. The normalized spacial score (nSPS) is 16.2. The highest BCUT2D eigenvalue weighted by Crippen LogP contribution is 2.48. The first-order valence-corrected chi connectivity index (χ1v) is 11.8. The summed E-state index contributed by atoms with van der Waals surface area (Å²) in [7, 11) is 1.64. The lowest BCUT2D eigenvalue weighted by Crippen LogP contribution is -2.19. The minimum atomic E-state index is -0.735. The Morgan fingerprint density at radius 3 is 2.00 bits per heavy atom. The number of hydrogen-bond acceptors (Lipinski definition) is 4. The lowest BCUT2D eigenvalue weighted by atomic mass is 9.93. The fraction of sp³-hybridized carbons (Fsp3) is 0.267. The summed E-state index contributed by atoms with van der Waals surface area (Å²) in [6.45, 7) is 5.75. The molecule has 0 spiro atoms. The molecule has 1 saturated carbocycles. The SMILES string of the molecule is CO/C(=C(\C)N=C(C)OC(C)c1ccccc1)c1ccc(-c2ccc(C3(C(=O)O)CC3)cc2)cc1. The zero-order chi connectivity index (χ0) is 25.0. The second-order valence-corrected chi connectivity index (χ2v) is 8.96. The van der Waals surface area contributed by atoms with Crippen molar-refractivity contribution >= 4 is 17.6 Å². The van der Waals surface area contributed by atoms with Crippen molar-refractivity contribution in [1.29, 1.82) is 0 Å². The highest BCUT2D eigenvalue weighted by molar-refractivity contribution is 5.85. The van der Waals surface area contributed by atoms with Crippen molar-refractivity contribution in [3.8, 4) is 11.1 Å². The highest BCUT2D eigenvalue weighted by atomic mass is 16.5.